The van der Waals surface area contributed by atoms with Gasteiger partial charge in [0.05, 0.1) is 0 Å². The first-order valence-electron chi connectivity index (χ1n) is 1.74. The fourth-order valence-corrected chi connectivity index (χ4v) is 1.19. The van der Waals surface area contributed by atoms with Gasteiger partial charge in [0, 0.05) is 5.75 Å². The Balaban J connectivity index is 3.14. The summed E-state index contributed by atoms with van der Waals surface area (Å²) in [6.07, 6.45) is 0. The maximum absolute atomic E-state index is 8.55. The first-order chi connectivity index (χ1) is 2.77. The molecule has 1 unspecified atom stereocenters. The molecule has 0 saturated heterocycles. The van der Waals surface area contributed by atoms with E-state index in [9.17, 15) is 0 Å². The van der Waals surface area contributed by atoms with E-state index >= 15 is 0 Å². The van der Waals surface area contributed by atoms with Gasteiger partial charge in [-0.1, -0.05) is 5.80 Å². The average molecular weight is 124 g/mol. The number of hydrogen-bond donors (Lipinski definition) is 2. The molecule has 0 saturated carbocycles. The van der Waals surface area contributed by atoms with Gasteiger partial charge in [-0.05, 0) is 14.4 Å². The molecule has 1 nitrogen and oxygen atoms in total. The van der Waals surface area contributed by atoms with Crippen LogP contribution in [0.2, 0.25) is 0 Å². The van der Waals surface area contributed by atoms with E-state index < -0.39 is 7.77 Å². The molecule has 0 amide bonds. The van der Waals surface area contributed by atoms with E-state index in [1.165, 1.54) is 0 Å². The molecule has 0 aliphatic heterocycles. The lowest BCUT2D eigenvalue weighted by Gasteiger charge is -1.81. The predicted octanol–water partition coefficient (Wildman–Crippen LogP) is 0.470. The van der Waals surface area contributed by atoms with E-state index in [2.05, 4.69) is 12.6 Å². The zero-order valence-electron chi connectivity index (χ0n) is 3.68. The van der Waals surface area contributed by atoms with E-state index in [1.807, 2.05) is 5.80 Å². The van der Waals surface area contributed by atoms with Gasteiger partial charge < -0.3 is 4.89 Å². The van der Waals surface area contributed by atoms with Gasteiger partial charge in [0.25, 0.3) is 0 Å². The van der Waals surface area contributed by atoms with Crippen LogP contribution in [-0.4, -0.2) is 23.1 Å². The summed E-state index contributed by atoms with van der Waals surface area (Å²) in [4.78, 5) is 8.55. The Hall–Kier alpha value is 0.610. The maximum atomic E-state index is 8.55. The van der Waals surface area contributed by atoms with Crippen LogP contribution < -0.4 is 0 Å². The SMILES string of the molecule is C/[PH](O)=C\CS. The summed E-state index contributed by atoms with van der Waals surface area (Å²) in [5, 5.41) is 0. The van der Waals surface area contributed by atoms with Crippen molar-refractivity contribution in [1.82, 2.24) is 0 Å². The van der Waals surface area contributed by atoms with Crippen LogP contribution in [0.25, 0.3) is 0 Å². The van der Waals surface area contributed by atoms with Gasteiger partial charge in [0.1, 0.15) is 0 Å². The average Bonchev–Trinajstić information content (AvgIpc) is 1.35. The lowest BCUT2D eigenvalue weighted by molar-refractivity contribution is 0.648. The van der Waals surface area contributed by atoms with Crippen LogP contribution in [0, 0.1) is 0 Å². The third-order valence-corrected chi connectivity index (χ3v) is 1.71. The molecule has 0 spiro atoms. The largest absolute Gasteiger partial charge is 0.380 e. The summed E-state index contributed by atoms with van der Waals surface area (Å²) in [7, 11) is -1.09. The predicted molar refractivity (Wildman–Crippen MR) is 36.4 cm³/mol. The van der Waals surface area contributed by atoms with Gasteiger partial charge >= 0.3 is 0 Å². The second kappa shape index (κ2) is 3.79. The van der Waals surface area contributed by atoms with Crippen LogP contribution in [0.3, 0.4) is 0 Å². The van der Waals surface area contributed by atoms with Crippen LogP contribution in [0.1, 0.15) is 0 Å². The van der Waals surface area contributed by atoms with Crippen molar-refractivity contribution in [2.45, 2.75) is 0 Å². The van der Waals surface area contributed by atoms with Crippen molar-refractivity contribution in [2.24, 2.45) is 0 Å². The number of hydrogen-bond acceptors (Lipinski definition) is 2. The zero-order valence-corrected chi connectivity index (χ0v) is 5.57. The van der Waals surface area contributed by atoms with E-state index in [1.54, 1.807) is 6.66 Å². The Bertz CT molecular complexity index is 57.8. The van der Waals surface area contributed by atoms with Crippen molar-refractivity contribution in [3.05, 3.63) is 0 Å². The summed E-state index contributed by atoms with van der Waals surface area (Å²) >= 11 is 3.87. The van der Waals surface area contributed by atoms with Crippen molar-refractivity contribution in [1.29, 1.82) is 0 Å². The molecule has 0 heterocycles. The second-order valence-electron chi connectivity index (χ2n) is 1.03. The fourth-order valence-electron chi connectivity index (χ4n) is 0.132. The Kier molecular flexibility index (Phi) is 4.17. The van der Waals surface area contributed by atoms with Crippen molar-refractivity contribution in [3.63, 3.8) is 0 Å². The molecule has 38 valence electrons. The highest BCUT2D eigenvalue weighted by Crippen LogP contribution is 2.04. The van der Waals surface area contributed by atoms with Gasteiger partial charge in [-0.2, -0.15) is 12.6 Å². The third kappa shape index (κ3) is 4.61. The van der Waals surface area contributed by atoms with Gasteiger partial charge in [0.15, 0.2) is 0 Å². The summed E-state index contributed by atoms with van der Waals surface area (Å²) in [6.45, 7) is 1.81. The highest BCUT2D eigenvalue weighted by molar-refractivity contribution is 7.81. The Morgan fingerprint density at radius 1 is 2.00 bits per heavy atom. The lowest BCUT2D eigenvalue weighted by atomic mass is 11.0. The molecule has 1 atom stereocenters. The van der Waals surface area contributed by atoms with E-state index in [0.29, 0.717) is 5.75 Å². The Morgan fingerprint density at radius 3 is 2.50 bits per heavy atom. The first-order valence-corrected chi connectivity index (χ1v) is 4.39. The third-order valence-electron chi connectivity index (χ3n) is 0.387. The van der Waals surface area contributed by atoms with Gasteiger partial charge in [0.2, 0.25) is 0 Å². The Labute approximate surface area is 44.3 Å². The van der Waals surface area contributed by atoms with Crippen molar-refractivity contribution in [2.75, 3.05) is 12.4 Å². The first kappa shape index (κ1) is 6.61. The molecule has 0 bridgehead atoms. The molecule has 0 aromatic rings. The number of thiol groups is 1. The summed E-state index contributed by atoms with van der Waals surface area (Å²) < 4.78 is 0. The standard InChI is InChI=1S/C3H9OPS/c1-5(4)2-3-6/h2,4-6H,3H2,1H3. The number of rotatable bonds is 1. The van der Waals surface area contributed by atoms with Crippen LogP contribution in [0.5, 0.6) is 0 Å². The monoisotopic (exact) mass is 124 g/mol. The molecule has 0 aliphatic rings. The molecule has 0 aromatic heterocycles. The molecule has 0 fully saturated rings. The summed E-state index contributed by atoms with van der Waals surface area (Å²) in [6, 6.07) is 0. The topological polar surface area (TPSA) is 20.2 Å². The molecular formula is C3H9OPS. The van der Waals surface area contributed by atoms with Crippen LogP contribution in [-0.2, 0) is 0 Å². The van der Waals surface area contributed by atoms with Crippen molar-refractivity contribution >= 4 is 26.2 Å². The summed E-state index contributed by atoms with van der Waals surface area (Å²) in [5.74, 6) is 2.51. The summed E-state index contributed by atoms with van der Waals surface area (Å²) in [5.41, 5.74) is 0. The second-order valence-corrected chi connectivity index (χ2v) is 3.08. The molecule has 0 rings (SSSR count). The molecule has 0 aliphatic carbocycles. The minimum Gasteiger partial charge on any atom is -0.380 e. The van der Waals surface area contributed by atoms with Crippen molar-refractivity contribution < 1.29 is 4.89 Å². The molecular weight excluding hydrogens is 115 g/mol. The van der Waals surface area contributed by atoms with Gasteiger partial charge in [-0.15, -0.1) is 0 Å². The molecule has 0 aromatic carbocycles. The van der Waals surface area contributed by atoms with Crippen molar-refractivity contribution in [3.8, 4) is 0 Å². The maximum Gasteiger partial charge on any atom is 0.0105 e. The van der Waals surface area contributed by atoms with Crippen LogP contribution >= 0.6 is 20.4 Å². The van der Waals surface area contributed by atoms with E-state index in [0.717, 1.165) is 0 Å². The highest BCUT2D eigenvalue weighted by Gasteiger charge is 1.67. The van der Waals surface area contributed by atoms with E-state index in [-0.39, 0.29) is 0 Å². The zero-order chi connectivity index (χ0) is 4.99. The molecule has 1 N–H and O–H groups in total. The fraction of sp³-hybridized carbons (Fsp3) is 0.667. The molecule has 6 heavy (non-hydrogen) atoms. The minimum atomic E-state index is -1.09. The Morgan fingerprint density at radius 2 is 2.50 bits per heavy atom. The van der Waals surface area contributed by atoms with E-state index in [4.69, 9.17) is 4.89 Å². The quantitative estimate of drug-likeness (QED) is 0.384. The van der Waals surface area contributed by atoms with Crippen LogP contribution in [0.15, 0.2) is 0 Å². The van der Waals surface area contributed by atoms with Gasteiger partial charge in [-0.25, -0.2) is 0 Å². The lowest BCUT2D eigenvalue weighted by Crippen LogP contribution is -1.68. The highest BCUT2D eigenvalue weighted by atomic mass is 32.1. The van der Waals surface area contributed by atoms with Crippen LogP contribution in [0.4, 0.5) is 0 Å². The molecule has 0 radical (unpaired) electrons. The molecule has 3 heteroatoms. The minimum absolute atomic E-state index is 0.696. The smallest absolute Gasteiger partial charge is 0.0105 e. The normalized spacial score (nSPS) is 15.2. The van der Waals surface area contributed by atoms with Gasteiger partial charge in [-0.3, -0.25) is 0 Å².